The van der Waals surface area contributed by atoms with Crippen molar-refractivity contribution in [3.63, 3.8) is 0 Å². The van der Waals surface area contributed by atoms with Crippen molar-refractivity contribution in [2.75, 3.05) is 0 Å². The number of ether oxygens (including phenoxy) is 1. The molecule has 0 radical (unpaired) electrons. The Morgan fingerprint density at radius 1 is 1.09 bits per heavy atom. The Bertz CT molecular complexity index is 1410. The summed E-state index contributed by atoms with van der Waals surface area (Å²) in [6.07, 6.45) is 6.60. The molecule has 2 heterocycles. The van der Waals surface area contributed by atoms with Crippen LogP contribution in [0.4, 0.5) is 0 Å². The number of aromatic nitrogens is 3. The molecule has 32 heavy (non-hydrogen) atoms. The van der Waals surface area contributed by atoms with Crippen LogP contribution in [0.2, 0.25) is 0 Å². The normalized spacial score (nSPS) is 15.0. The molecule has 0 saturated heterocycles. The lowest BCUT2D eigenvalue weighted by Gasteiger charge is -2.07. The van der Waals surface area contributed by atoms with E-state index in [2.05, 4.69) is 22.2 Å². The number of allylic oxidation sites excluding steroid dienone is 1. The van der Waals surface area contributed by atoms with E-state index < -0.39 is 5.97 Å². The lowest BCUT2D eigenvalue weighted by molar-refractivity contribution is 0.0695. The number of fused-ring (bicyclic) bond motifs is 2. The molecule has 0 atom stereocenters. The lowest BCUT2D eigenvalue weighted by Crippen LogP contribution is -2.04. The van der Waals surface area contributed by atoms with E-state index in [9.17, 15) is 9.90 Å². The fourth-order valence-electron chi connectivity index (χ4n) is 4.56. The number of benzene rings is 2. The zero-order valence-corrected chi connectivity index (χ0v) is 17.6. The Hall–Kier alpha value is -3.93. The van der Waals surface area contributed by atoms with Crippen LogP contribution in [0.1, 0.15) is 51.6 Å². The second-order valence-electron chi connectivity index (χ2n) is 8.47. The number of carboxylic acids is 1. The molecule has 6 heteroatoms. The summed E-state index contributed by atoms with van der Waals surface area (Å²) in [6.45, 7) is 0. The number of aromatic carboxylic acids is 1. The first-order valence-electron chi connectivity index (χ1n) is 10.7. The summed E-state index contributed by atoms with van der Waals surface area (Å²) >= 11 is 0. The van der Waals surface area contributed by atoms with Gasteiger partial charge in [0.15, 0.2) is 0 Å². The van der Waals surface area contributed by atoms with Crippen LogP contribution < -0.4 is 4.74 Å². The van der Waals surface area contributed by atoms with Gasteiger partial charge in [-0.2, -0.15) is 5.10 Å². The van der Waals surface area contributed by atoms with Crippen LogP contribution in [0, 0.1) is 0 Å². The van der Waals surface area contributed by atoms with E-state index in [0.717, 1.165) is 45.2 Å². The molecule has 1 fully saturated rings. The van der Waals surface area contributed by atoms with E-state index in [1.807, 2.05) is 48.1 Å². The van der Waals surface area contributed by atoms with Crippen LogP contribution in [0.5, 0.6) is 11.5 Å². The van der Waals surface area contributed by atoms with Crippen molar-refractivity contribution in [2.24, 2.45) is 7.05 Å². The van der Waals surface area contributed by atoms with Gasteiger partial charge >= 0.3 is 5.97 Å². The molecule has 0 unspecified atom stereocenters. The van der Waals surface area contributed by atoms with Gasteiger partial charge in [-0.1, -0.05) is 12.1 Å². The van der Waals surface area contributed by atoms with Gasteiger partial charge in [0.05, 0.1) is 22.5 Å². The fraction of sp³-hybridized carbons (Fsp3) is 0.192. The molecule has 0 bridgehead atoms. The molecular weight excluding hydrogens is 402 g/mol. The molecule has 158 valence electrons. The quantitative estimate of drug-likeness (QED) is 0.463. The van der Waals surface area contributed by atoms with E-state index in [-0.39, 0.29) is 0 Å². The number of carbonyl (C=O) groups is 1. The van der Waals surface area contributed by atoms with Gasteiger partial charge in [0.25, 0.3) is 0 Å². The molecule has 2 aromatic heterocycles. The van der Waals surface area contributed by atoms with E-state index >= 15 is 0 Å². The zero-order chi connectivity index (χ0) is 21.8. The van der Waals surface area contributed by atoms with Gasteiger partial charge in [-0.3, -0.25) is 9.67 Å². The van der Waals surface area contributed by atoms with E-state index in [1.165, 1.54) is 18.4 Å². The Balaban J connectivity index is 1.30. The molecule has 4 aromatic rings. The minimum Gasteiger partial charge on any atom is -0.478 e. The monoisotopic (exact) mass is 423 g/mol. The highest BCUT2D eigenvalue weighted by Crippen LogP contribution is 2.41. The lowest BCUT2D eigenvalue weighted by atomic mass is 10.0. The number of pyridine rings is 1. The number of rotatable bonds is 5. The zero-order valence-electron chi connectivity index (χ0n) is 17.6. The molecule has 0 spiro atoms. The van der Waals surface area contributed by atoms with Crippen LogP contribution in [0.25, 0.3) is 22.6 Å². The van der Waals surface area contributed by atoms with E-state index in [4.69, 9.17) is 4.74 Å². The summed E-state index contributed by atoms with van der Waals surface area (Å²) in [5.74, 6) is 1.34. The SMILES string of the molecule is Cn1nc2cc(Oc3ccc(C4CC4)cc3)ccc2c1C1=Cc2nccc(C(=O)O)c2C1. The van der Waals surface area contributed by atoms with Crippen LogP contribution in [0.15, 0.2) is 54.7 Å². The second kappa shape index (κ2) is 7.05. The molecule has 6 rings (SSSR count). The predicted octanol–water partition coefficient (Wildman–Crippen LogP) is 5.43. The molecule has 2 aromatic carbocycles. The van der Waals surface area contributed by atoms with Gasteiger partial charge in [0.1, 0.15) is 11.5 Å². The highest BCUT2D eigenvalue weighted by Gasteiger charge is 2.25. The maximum absolute atomic E-state index is 11.6. The standard InChI is InChI=1S/C26H21N3O3/c1-29-25(17-12-22-20(26(30)31)10-11-27-23(22)13-17)21-9-8-19(14-24(21)28-29)32-18-6-4-16(5-7-18)15-2-3-15/h4-11,13-15H,2-3,12H2,1H3,(H,30,31). The molecule has 0 amide bonds. The predicted molar refractivity (Wildman–Crippen MR) is 122 cm³/mol. The van der Waals surface area contributed by atoms with Crippen LogP contribution in [-0.2, 0) is 13.5 Å². The molecule has 2 aliphatic rings. The first kappa shape index (κ1) is 18.8. The average Bonchev–Trinajstić information content (AvgIpc) is 3.45. The first-order chi connectivity index (χ1) is 15.6. The van der Waals surface area contributed by atoms with Gasteiger partial charge in [-0.15, -0.1) is 0 Å². The Labute approximate surface area is 184 Å². The molecule has 2 aliphatic carbocycles. The van der Waals surface area contributed by atoms with E-state index in [0.29, 0.717) is 17.7 Å². The van der Waals surface area contributed by atoms with Crippen LogP contribution in [0.3, 0.4) is 0 Å². The maximum atomic E-state index is 11.6. The van der Waals surface area contributed by atoms with Gasteiger partial charge in [-0.05, 0) is 71.9 Å². The smallest absolute Gasteiger partial charge is 0.336 e. The molecule has 6 nitrogen and oxygen atoms in total. The number of hydrogen-bond donors (Lipinski definition) is 1. The summed E-state index contributed by atoms with van der Waals surface area (Å²) < 4.78 is 7.91. The minimum absolute atomic E-state index is 0.302. The largest absolute Gasteiger partial charge is 0.478 e. The van der Waals surface area contributed by atoms with Crippen molar-refractivity contribution in [2.45, 2.75) is 25.2 Å². The van der Waals surface area contributed by atoms with Gasteiger partial charge < -0.3 is 9.84 Å². The van der Waals surface area contributed by atoms with Gasteiger partial charge in [0.2, 0.25) is 0 Å². The third-order valence-electron chi connectivity index (χ3n) is 6.27. The number of aryl methyl sites for hydroxylation is 1. The van der Waals surface area contributed by atoms with Gasteiger partial charge in [-0.25, -0.2) is 4.79 Å². The topological polar surface area (TPSA) is 77.2 Å². The summed E-state index contributed by atoms with van der Waals surface area (Å²) in [4.78, 5) is 16.0. The summed E-state index contributed by atoms with van der Waals surface area (Å²) in [5, 5.41) is 15.2. The Morgan fingerprint density at radius 2 is 1.88 bits per heavy atom. The third kappa shape index (κ3) is 3.15. The van der Waals surface area contributed by atoms with Crippen molar-refractivity contribution in [1.82, 2.24) is 14.8 Å². The maximum Gasteiger partial charge on any atom is 0.336 e. The van der Waals surface area contributed by atoms with E-state index in [1.54, 1.807) is 12.3 Å². The summed E-state index contributed by atoms with van der Waals surface area (Å²) in [7, 11) is 1.90. The number of hydrogen-bond acceptors (Lipinski definition) is 4. The molecular formula is C26H21N3O3. The Morgan fingerprint density at radius 3 is 2.62 bits per heavy atom. The molecule has 1 saturated carbocycles. The Kier molecular flexibility index (Phi) is 4.15. The number of carboxylic acid groups (broad SMARTS) is 1. The van der Waals surface area contributed by atoms with Crippen molar-refractivity contribution in [3.05, 3.63) is 82.8 Å². The highest BCUT2D eigenvalue weighted by atomic mass is 16.5. The summed E-state index contributed by atoms with van der Waals surface area (Å²) in [5.41, 5.74) is 5.95. The highest BCUT2D eigenvalue weighted by molar-refractivity contribution is 6.00. The van der Waals surface area contributed by atoms with Crippen molar-refractivity contribution in [3.8, 4) is 11.5 Å². The van der Waals surface area contributed by atoms with Crippen LogP contribution >= 0.6 is 0 Å². The first-order valence-corrected chi connectivity index (χ1v) is 10.7. The van der Waals surface area contributed by atoms with Crippen molar-refractivity contribution >= 4 is 28.5 Å². The number of nitrogens with zero attached hydrogens (tertiary/aromatic N) is 3. The fourth-order valence-corrected chi connectivity index (χ4v) is 4.56. The second-order valence-corrected chi connectivity index (χ2v) is 8.47. The van der Waals surface area contributed by atoms with Crippen molar-refractivity contribution in [1.29, 1.82) is 0 Å². The third-order valence-corrected chi connectivity index (χ3v) is 6.27. The molecule has 1 N–H and O–H groups in total. The minimum atomic E-state index is -0.930. The van der Waals surface area contributed by atoms with Gasteiger partial charge in [0, 0.05) is 31.1 Å². The van der Waals surface area contributed by atoms with Crippen LogP contribution in [-0.4, -0.2) is 25.8 Å². The van der Waals surface area contributed by atoms with Crippen molar-refractivity contribution < 1.29 is 14.6 Å². The summed E-state index contributed by atoms with van der Waals surface area (Å²) in [6, 6.07) is 15.8. The average molecular weight is 423 g/mol. The molecule has 0 aliphatic heterocycles.